The zero-order valence-corrected chi connectivity index (χ0v) is 19.9. The van der Waals surface area contributed by atoms with Gasteiger partial charge in [-0.05, 0) is 61.7 Å². The predicted molar refractivity (Wildman–Crippen MR) is 124 cm³/mol. The number of methoxy groups -OCH3 is 2. The van der Waals surface area contributed by atoms with Gasteiger partial charge in [0, 0.05) is 31.7 Å². The number of hydrogen-bond donors (Lipinski definition) is 0. The standard InChI is InChI=1S/C24H32N2O5S/c1-4-25(18-19-9-14-22(30-2)23(17-19)31-3)24(27)20-10-12-21(13-11-20)32(28,29)26-15-7-5-6-8-16-26/h9-14,17H,4-8,15-16,18H2,1-3H3. The van der Waals surface area contributed by atoms with Crippen LogP contribution in [0.1, 0.15) is 48.5 Å². The van der Waals surface area contributed by atoms with Crippen LogP contribution < -0.4 is 9.47 Å². The van der Waals surface area contributed by atoms with Crippen molar-refractivity contribution in [2.24, 2.45) is 0 Å². The number of carbonyl (C=O) groups excluding carboxylic acids is 1. The van der Waals surface area contributed by atoms with Crippen LogP contribution in [0.2, 0.25) is 0 Å². The number of carbonyl (C=O) groups is 1. The van der Waals surface area contributed by atoms with Crippen LogP contribution in [0.3, 0.4) is 0 Å². The quantitative estimate of drug-likeness (QED) is 0.597. The van der Waals surface area contributed by atoms with Gasteiger partial charge in [0.1, 0.15) is 0 Å². The number of amides is 1. The summed E-state index contributed by atoms with van der Waals surface area (Å²) < 4.78 is 38.1. The Morgan fingerprint density at radius 1 is 0.938 bits per heavy atom. The number of nitrogens with zero attached hydrogens (tertiary/aromatic N) is 2. The van der Waals surface area contributed by atoms with Gasteiger partial charge in [0.15, 0.2) is 11.5 Å². The minimum absolute atomic E-state index is 0.152. The third kappa shape index (κ3) is 5.42. The maximum Gasteiger partial charge on any atom is 0.254 e. The van der Waals surface area contributed by atoms with Crippen molar-refractivity contribution in [1.82, 2.24) is 9.21 Å². The van der Waals surface area contributed by atoms with Gasteiger partial charge >= 0.3 is 0 Å². The average Bonchev–Trinajstić information content (AvgIpc) is 3.12. The molecule has 7 nitrogen and oxygen atoms in total. The van der Waals surface area contributed by atoms with Gasteiger partial charge in [0.05, 0.1) is 19.1 Å². The van der Waals surface area contributed by atoms with E-state index in [1.165, 1.54) is 12.1 Å². The molecule has 2 aromatic rings. The predicted octanol–water partition coefficient (Wildman–Crippen LogP) is 3.93. The molecule has 1 aliphatic heterocycles. The molecular weight excluding hydrogens is 428 g/mol. The Morgan fingerprint density at radius 3 is 2.12 bits per heavy atom. The number of hydrogen-bond acceptors (Lipinski definition) is 5. The van der Waals surface area contributed by atoms with Gasteiger partial charge < -0.3 is 14.4 Å². The highest BCUT2D eigenvalue weighted by atomic mass is 32.2. The van der Waals surface area contributed by atoms with Crippen LogP contribution in [0, 0.1) is 0 Å². The summed E-state index contributed by atoms with van der Waals surface area (Å²) in [5, 5.41) is 0. The van der Waals surface area contributed by atoms with Crippen molar-refractivity contribution >= 4 is 15.9 Å². The van der Waals surface area contributed by atoms with E-state index in [0.717, 1.165) is 31.2 Å². The molecule has 0 atom stereocenters. The van der Waals surface area contributed by atoms with Crippen molar-refractivity contribution in [3.8, 4) is 11.5 Å². The van der Waals surface area contributed by atoms with E-state index in [2.05, 4.69) is 0 Å². The third-order valence-electron chi connectivity index (χ3n) is 5.79. The molecule has 0 aliphatic carbocycles. The summed E-state index contributed by atoms with van der Waals surface area (Å²) in [6, 6.07) is 11.8. The van der Waals surface area contributed by atoms with Gasteiger partial charge in [-0.15, -0.1) is 0 Å². The fraction of sp³-hybridized carbons (Fsp3) is 0.458. The number of sulfonamides is 1. The van der Waals surface area contributed by atoms with Gasteiger partial charge in [-0.25, -0.2) is 8.42 Å². The number of benzene rings is 2. The first-order chi connectivity index (χ1) is 15.4. The van der Waals surface area contributed by atoms with Gasteiger partial charge in [-0.2, -0.15) is 4.31 Å². The summed E-state index contributed by atoms with van der Waals surface area (Å²) in [7, 11) is -0.379. The first kappa shape index (κ1) is 24.1. The van der Waals surface area contributed by atoms with Crippen LogP contribution in [0.15, 0.2) is 47.4 Å². The molecule has 32 heavy (non-hydrogen) atoms. The van der Waals surface area contributed by atoms with Gasteiger partial charge in [-0.1, -0.05) is 18.9 Å². The van der Waals surface area contributed by atoms with Crippen molar-refractivity contribution < 1.29 is 22.7 Å². The van der Waals surface area contributed by atoms with E-state index in [4.69, 9.17) is 9.47 Å². The lowest BCUT2D eigenvalue weighted by Crippen LogP contribution is -2.32. The molecule has 174 valence electrons. The molecule has 1 heterocycles. The van der Waals surface area contributed by atoms with Crippen molar-refractivity contribution in [2.75, 3.05) is 33.9 Å². The Morgan fingerprint density at radius 2 is 1.56 bits per heavy atom. The first-order valence-electron chi connectivity index (χ1n) is 11.0. The number of rotatable bonds is 8. The largest absolute Gasteiger partial charge is 0.493 e. The van der Waals surface area contributed by atoms with Crippen molar-refractivity contribution in [2.45, 2.75) is 44.0 Å². The van der Waals surface area contributed by atoms with E-state index in [1.807, 2.05) is 25.1 Å². The molecule has 1 amide bonds. The van der Waals surface area contributed by atoms with Crippen LogP contribution in [0.5, 0.6) is 11.5 Å². The molecule has 0 N–H and O–H groups in total. The van der Waals surface area contributed by atoms with Crippen LogP contribution in [-0.4, -0.2) is 57.4 Å². The van der Waals surface area contributed by atoms with Gasteiger partial charge in [0.2, 0.25) is 10.0 Å². The molecule has 3 rings (SSSR count). The Labute approximate surface area is 191 Å². The highest BCUT2D eigenvalue weighted by Gasteiger charge is 2.25. The van der Waals surface area contributed by atoms with Crippen molar-refractivity contribution in [1.29, 1.82) is 0 Å². The topological polar surface area (TPSA) is 76.1 Å². The molecule has 0 aromatic heterocycles. The normalized spacial score (nSPS) is 15.1. The Balaban J connectivity index is 1.75. The highest BCUT2D eigenvalue weighted by molar-refractivity contribution is 7.89. The Kier molecular flexibility index (Phi) is 8.15. The van der Waals surface area contributed by atoms with Crippen LogP contribution in [0.25, 0.3) is 0 Å². The molecule has 0 bridgehead atoms. The molecule has 0 radical (unpaired) electrons. The Hall–Kier alpha value is -2.58. The lowest BCUT2D eigenvalue weighted by molar-refractivity contribution is 0.0752. The lowest BCUT2D eigenvalue weighted by atomic mass is 10.1. The molecule has 0 unspecified atom stereocenters. The fourth-order valence-corrected chi connectivity index (χ4v) is 5.43. The minimum Gasteiger partial charge on any atom is -0.493 e. The molecule has 1 aliphatic rings. The van der Waals surface area contributed by atoms with Gasteiger partial charge in [-0.3, -0.25) is 4.79 Å². The summed E-state index contributed by atoms with van der Waals surface area (Å²) in [6.45, 7) is 3.94. The van der Waals surface area contributed by atoms with Crippen LogP contribution in [-0.2, 0) is 16.6 Å². The monoisotopic (exact) mass is 460 g/mol. The molecule has 0 saturated carbocycles. The van der Waals surface area contributed by atoms with Crippen LogP contribution in [0.4, 0.5) is 0 Å². The smallest absolute Gasteiger partial charge is 0.254 e. The second kappa shape index (κ2) is 10.8. The van der Waals surface area contributed by atoms with E-state index >= 15 is 0 Å². The van der Waals surface area contributed by atoms with Crippen molar-refractivity contribution in [3.05, 3.63) is 53.6 Å². The maximum atomic E-state index is 13.1. The Bertz CT molecular complexity index is 1010. The molecular formula is C24H32N2O5S. The average molecular weight is 461 g/mol. The maximum absolute atomic E-state index is 13.1. The summed E-state index contributed by atoms with van der Waals surface area (Å²) in [6.07, 6.45) is 3.90. The summed E-state index contributed by atoms with van der Waals surface area (Å²) in [5.41, 5.74) is 1.38. The summed E-state index contributed by atoms with van der Waals surface area (Å²) in [5.74, 6) is 1.09. The number of ether oxygens (including phenoxy) is 2. The highest BCUT2D eigenvalue weighted by Crippen LogP contribution is 2.28. The minimum atomic E-state index is -3.53. The summed E-state index contributed by atoms with van der Waals surface area (Å²) in [4.78, 5) is 15.0. The van der Waals surface area contributed by atoms with E-state index in [1.54, 1.807) is 35.6 Å². The first-order valence-corrected chi connectivity index (χ1v) is 12.4. The SMILES string of the molecule is CCN(Cc1ccc(OC)c(OC)c1)C(=O)c1ccc(S(=O)(=O)N2CCCCCC2)cc1. The second-order valence-electron chi connectivity index (χ2n) is 7.85. The zero-order valence-electron chi connectivity index (χ0n) is 19.0. The van der Waals surface area contributed by atoms with E-state index in [9.17, 15) is 13.2 Å². The lowest BCUT2D eigenvalue weighted by Gasteiger charge is -2.22. The fourth-order valence-electron chi connectivity index (χ4n) is 3.91. The molecule has 0 spiro atoms. The van der Waals surface area contributed by atoms with Crippen molar-refractivity contribution in [3.63, 3.8) is 0 Å². The molecule has 2 aromatic carbocycles. The third-order valence-corrected chi connectivity index (χ3v) is 7.71. The van der Waals surface area contributed by atoms with Gasteiger partial charge in [0.25, 0.3) is 5.91 Å². The molecule has 1 fully saturated rings. The molecule has 8 heteroatoms. The van der Waals surface area contributed by atoms with E-state index < -0.39 is 10.0 Å². The second-order valence-corrected chi connectivity index (χ2v) is 9.79. The molecule has 1 saturated heterocycles. The van der Waals surface area contributed by atoms with Crippen LogP contribution >= 0.6 is 0 Å². The van der Waals surface area contributed by atoms with E-state index in [-0.39, 0.29) is 10.8 Å². The van der Waals surface area contributed by atoms with E-state index in [0.29, 0.717) is 43.2 Å². The summed E-state index contributed by atoms with van der Waals surface area (Å²) >= 11 is 0. The zero-order chi connectivity index (χ0) is 23.1.